The van der Waals surface area contributed by atoms with Crippen molar-refractivity contribution < 1.29 is 0 Å². The van der Waals surface area contributed by atoms with E-state index in [2.05, 4.69) is 29.4 Å². The zero-order valence-electron chi connectivity index (χ0n) is 8.71. The highest BCUT2D eigenvalue weighted by Crippen LogP contribution is 2.13. The van der Waals surface area contributed by atoms with Crippen LogP contribution in [-0.4, -0.2) is 49.2 Å². The molecule has 2 rings (SSSR count). The van der Waals surface area contributed by atoms with Gasteiger partial charge in [0, 0.05) is 37.8 Å². The predicted molar refractivity (Wildman–Crippen MR) is 54.9 cm³/mol. The van der Waals surface area contributed by atoms with Crippen molar-refractivity contribution in [2.45, 2.75) is 38.4 Å². The molecule has 2 fully saturated rings. The van der Waals surface area contributed by atoms with E-state index >= 15 is 0 Å². The Morgan fingerprint density at radius 3 is 2.38 bits per heavy atom. The maximum atomic E-state index is 3.57. The number of hydrogen-bond donors (Lipinski definition) is 2. The van der Waals surface area contributed by atoms with E-state index in [1.807, 2.05) is 0 Å². The Morgan fingerprint density at radius 2 is 1.85 bits per heavy atom. The van der Waals surface area contributed by atoms with Crippen molar-refractivity contribution in [3.05, 3.63) is 0 Å². The molecule has 0 saturated carbocycles. The van der Waals surface area contributed by atoms with Crippen molar-refractivity contribution in [3.63, 3.8) is 0 Å². The Kier molecular flexibility index (Phi) is 2.86. The van der Waals surface area contributed by atoms with E-state index in [9.17, 15) is 0 Å². The molecule has 3 heteroatoms. The van der Waals surface area contributed by atoms with Crippen LogP contribution >= 0.6 is 0 Å². The Labute approximate surface area is 80.9 Å². The molecule has 76 valence electrons. The van der Waals surface area contributed by atoms with Gasteiger partial charge in [-0.05, 0) is 26.8 Å². The summed E-state index contributed by atoms with van der Waals surface area (Å²) in [5, 5.41) is 7.01. The quantitative estimate of drug-likeness (QED) is 0.600. The van der Waals surface area contributed by atoms with Crippen molar-refractivity contribution in [2.75, 3.05) is 26.2 Å². The average molecular weight is 183 g/mol. The van der Waals surface area contributed by atoms with E-state index in [0.717, 1.165) is 6.04 Å². The molecule has 0 spiro atoms. The SMILES string of the molecule is C[C@H]1CN([C@@H]2CCNC2)C[C@H](C)N1. The number of nitrogens with one attached hydrogen (secondary N) is 2. The van der Waals surface area contributed by atoms with E-state index in [0.29, 0.717) is 12.1 Å². The first-order chi connectivity index (χ1) is 6.25. The summed E-state index contributed by atoms with van der Waals surface area (Å²) in [5.41, 5.74) is 0. The van der Waals surface area contributed by atoms with Gasteiger partial charge in [-0.2, -0.15) is 0 Å². The van der Waals surface area contributed by atoms with Crippen LogP contribution in [0.5, 0.6) is 0 Å². The molecule has 0 amide bonds. The minimum atomic E-state index is 0.657. The van der Waals surface area contributed by atoms with E-state index < -0.39 is 0 Å². The second-order valence-electron chi connectivity index (χ2n) is 4.57. The monoisotopic (exact) mass is 183 g/mol. The van der Waals surface area contributed by atoms with Gasteiger partial charge in [-0.1, -0.05) is 0 Å². The zero-order valence-corrected chi connectivity index (χ0v) is 8.71. The predicted octanol–water partition coefficient (Wildman–Crippen LogP) is 0.0305. The molecule has 2 saturated heterocycles. The molecule has 13 heavy (non-hydrogen) atoms. The highest BCUT2D eigenvalue weighted by atomic mass is 15.3. The summed E-state index contributed by atoms with van der Waals surface area (Å²) in [6, 6.07) is 2.11. The number of piperazine rings is 1. The van der Waals surface area contributed by atoms with Gasteiger partial charge in [0.15, 0.2) is 0 Å². The third kappa shape index (κ3) is 2.22. The van der Waals surface area contributed by atoms with Crippen LogP contribution in [0.3, 0.4) is 0 Å². The summed E-state index contributed by atoms with van der Waals surface area (Å²) >= 11 is 0. The molecule has 2 N–H and O–H groups in total. The van der Waals surface area contributed by atoms with Gasteiger partial charge in [-0.3, -0.25) is 4.90 Å². The van der Waals surface area contributed by atoms with E-state index in [1.54, 1.807) is 0 Å². The zero-order chi connectivity index (χ0) is 9.26. The molecule has 0 aromatic carbocycles. The van der Waals surface area contributed by atoms with Crippen LogP contribution in [0.15, 0.2) is 0 Å². The van der Waals surface area contributed by atoms with Crippen LogP contribution in [-0.2, 0) is 0 Å². The highest BCUT2D eigenvalue weighted by Gasteiger charge is 2.28. The van der Waals surface area contributed by atoms with E-state index in [-0.39, 0.29) is 0 Å². The van der Waals surface area contributed by atoms with Gasteiger partial charge in [-0.25, -0.2) is 0 Å². The highest BCUT2D eigenvalue weighted by molar-refractivity contribution is 4.88. The summed E-state index contributed by atoms with van der Waals surface area (Å²) in [4.78, 5) is 2.64. The Morgan fingerprint density at radius 1 is 1.15 bits per heavy atom. The molecule has 0 radical (unpaired) electrons. The van der Waals surface area contributed by atoms with Crippen LogP contribution in [0, 0.1) is 0 Å². The van der Waals surface area contributed by atoms with Crippen molar-refractivity contribution >= 4 is 0 Å². The lowest BCUT2D eigenvalue weighted by Crippen LogP contribution is -2.57. The minimum absolute atomic E-state index is 0.657. The van der Waals surface area contributed by atoms with Crippen molar-refractivity contribution in [1.82, 2.24) is 15.5 Å². The Hall–Kier alpha value is -0.120. The molecule has 2 heterocycles. The lowest BCUT2D eigenvalue weighted by atomic mass is 10.1. The summed E-state index contributed by atoms with van der Waals surface area (Å²) < 4.78 is 0. The van der Waals surface area contributed by atoms with Gasteiger partial charge in [0.25, 0.3) is 0 Å². The minimum Gasteiger partial charge on any atom is -0.315 e. The first-order valence-electron chi connectivity index (χ1n) is 5.46. The Balaban J connectivity index is 1.90. The standard InChI is InChI=1S/C10H21N3/c1-8-6-13(7-9(2)12-8)10-3-4-11-5-10/h8-12H,3-7H2,1-2H3/t8-,9-,10+/m0/s1. The van der Waals surface area contributed by atoms with E-state index in [1.165, 1.54) is 32.6 Å². The fourth-order valence-corrected chi connectivity index (χ4v) is 2.62. The molecule has 0 bridgehead atoms. The fraction of sp³-hybridized carbons (Fsp3) is 1.00. The van der Waals surface area contributed by atoms with Gasteiger partial charge in [0.1, 0.15) is 0 Å². The fourth-order valence-electron chi connectivity index (χ4n) is 2.62. The van der Waals surface area contributed by atoms with Gasteiger partial charge in [0.05, 0.1) is 0 Å². The van der Waals surface area contributed by atoms with Gasteiger partial charge in [0.2, 0.25) is 0 Å². The number of rotatable bonds is 1. The summed E-state index contributed by atoms with van der Waals surface area (Å²) in [7, 11) is 0. The topological polar surface area (TPSA) is 27.3 Å². The lowest BCUT2D eigenvalue weighted by molar-refractivity contribution is 0.131. The van der Waals surface area contributed by atoms with Crippen LogP contribution < -0.4 is 10.6 Å². The largest absolute Gasteiger partial charge is 0.315 e. The molecule has 2 aliphatic rings. The molecular formula is C10H21N3. The molecule has 0 unspecified atom stereocenters. The molecule has 3 atom stereocenters. The summed E-state index contributed by atoms with van der Waals surface area (Å²) in [6.07, 6.45) is 1.33. The third-order valence-electron chi connectivity index (χ3n) is 3.14. The molecular weight excluding hydrogens is 162 g/mol. The van der Waals surface area contributed by atoms with Crippen LogP contribution in [0.1, 0.15) is 20.3 Å². The third-order valence-corrected chi connectivity index (χ3v) is 3.14. The normalized spacial score (nSPS) is 42.5. The molecule has 0 aliphatic carbocycles. The van der Waals surface area contributed by atoms with Gasteiger partial charge < -0.3 is 10.6 Å². The smallest absolute Gasteiger partial charge is 0.0234 e. The second kappa shape index (κ2) is 3.95. The summed E-state index contributed by atoms with van der Waals surface area (Å²) in [6.45, 7) is 9.40. The second-order valence-corrected chi connectivity index (χ2v) is 4.57. The average Bonchev–Trinajstić information content (AvgIpc) is 2.53. The lowest BCUT2D eigenvalue weighted by Gasteiger charge is -2.39. The van der Waals surface area contributed by atoms with Gasteiger partial charge in [-0.15, -0.1) is 0 Å². The number of nitrogens with zero attached hydrogens (tertiary/aromatic N) is 1. The molecule has 2 aliphatic heterocycles. The van der Waals surface area contributed by atoms with Crippen LogP contribution in [0.2, 0.25) is 0 Å². The van der Waals surface area contributed by atoms with Crippen molar-refractivity contribution in [3.8, 4) is 0 Å². The van der Waals surface area contributed by atoms with Crippen molar-refractivity contribution in [2.24, 2.45) is 0 Å². The Bertz CT molecular complexity index is 156. The molecule has 0 aromatic heterocycles. The van der Waals surface area contributed by atoms with Crippen LogP contribution in [0.25, 0.3) is 0 Å². The van der Waals surface area contributed by atoms with Gasteiger partial charge >= 0.3 is 0 Å². The first kappa shape index (κ1) is 9.44. The number of hydrogen-bond acceptors (Lipinski definition) is 3. The molecule has 0 aromatic rings. The van der Waals surface area contributed by atoms with Crippen LogP contribution in [0.4, 0.5) is 0 Å². The summed E-state index contributed by atoms with van der Waals surface area (Å²) in [5.74, 6) is 0. The van der Waals surface area contributed by atoms with Crippen molar-refractivity contribution in [1.29, 1.82) is 0 Å². The maximum Gasteiger partial charge on any atom is 0.0234 e. The van der Waals surface area contributed by atoms with E-state index in [4.69, 9.17) is 0 Å². The maximum absolute atomic E-state index is 3.57. The molecule has 3 nitrogen and oxygen atoms in total. The first-order valence-corrected chi connectivity index (χ1v) is 5.46.